The Labute approximate surface area is 119 Å². The molecule has 0 aromatic heterocycles. The van der Waals surface area contributed by atoms with Crippen LogP contribution in [0, 0.1) is 0 Å². The largest absolute Gasteiger partial charge is 0.490 e. The molecule has 0 fully saturated rings. The molecule has 1 aliphatic rings. The minimum Gasteiger partial charge on any atom is -0.490 e. The zero-order valence-corrected chi connectivity index (χ0v) is 11.3. The van der Waals surface area contributed by atoms with Crippen LogP contribution in [0.3, 0.4) is 0 Å². The third-order valence-corrected chi connectivity index (χ3v) is 2.75. The van der Waals surface area contributed by atoms with Crippen LogP contribution >= 0.6 is 0 Å². The van der Waals surface area contributed by atoms with Crippen molar-refractivity contribution in [1.29, 1.82) is 0 Å². The van der Waals surface area contributed by atoms with E-state index in [-0.39, 0.29) is 12.2 Å². The predicted molar refractivity (Wildman–Crippen MR) is 70.1 cm³/mol. The molecule has 7 heteroatoms. The molecule has 21 heavy (non-hydrogen) atoms. The van der Waals surface area contributed by atoms with Gasteiger partial charge in [-0.15, -0.1) is 0 Å². The predicted octanol–water partition coefficient (Wildman–Crippen LogP) is 2.54. The summed E-state index contributed by atoms with van der Waals surface area (Å²) in [6.45, 7) is 0.826. The minimum absolute atomic E-state index is 0.0965. The molecular formula is C14H14F3NO3. The van der Waals surface area contributed by atoms with Crippen LogP contribution in [0.5, 0.6) is 11.5 Å². The maximum absolute atomic E-state index is 12.1. The monoisotopic (exact) mass is 301 g/mol. The van der Waals surface area contributed by atoms with Crippen LogP contribution in [0.15, 0.2) is 23.8 Å². The van der Waals surface area contributed by atoms with Crippen molar-refractivity contribution in [3.63, 3.8) is 0 Å². The Morgan fingerprint density at radius 3 is 2.86 bits per heavy atom. The highest BCUT2D eigenvalue weighted by molar-refractivity contribution is 5.99. The Kier molecular flexibility index (Phi) is 4.40. The number of carbonyl (C=O) groups is 1. The van der Waals surface area contributed by atoms with Gasteiger partial charge in [-0.3, -0.25) is 4.79 Å². The molecule has 2 rings (SSSR count). The number of ether oxygens (including phenoxy) is 2. The van der Waals surface area contributed by atoms with Gasteiger partial charge < -0.3 is 14.8 Å². The first-order valence-electron chi connectivity index (χ1n) is 6.35. The zero-order valence-electron chi connectivity index (χ0n) is 11.3. The van der Waals surface area contributed by atoms with Gasteiger partial charge >= 0.3 is 6.18 Å². The van der Waals surface area contributed by atoms with E-state index in [4.69, 9.17) is 9.47 Å². The number of carbonyl (C=O) groups excluding carboxylic acids is 1. The van der Waals surface area contributed by atoms with Gasteiger partial charge in [-0.2, -0.15) is 13.2 Å². The van der Waals surface area contributed by atoms with Gasteiger partial charge in [-0.1, -0.05) is 12.1 Å². The van der Waals surface area contributed by atoms with E-state index in [1.165, 1.54) is 6.08 Å². The molecule has 1 aromatic carbocycles. The summed E-state index contributed by atoms with van der Waals surface area (Å²) in [6.07, 6.45) is -2.93. The Bertz CT molecular complexity index is 567. The van der Waals surface area contributed by atoms with Crippen molar-refractivity contribution in [2.75, 3.05) is 19.8 Å². The summed E-state index contributed by atoms with van der Waals surface area (Å²) in [5.41, 5.74) is 0.741. The van der Waals surface area contributed by atoms with E-state index in [1.54, 1.807) is 18.2 Å². The van der Waals surface area contributed by atoms with Crippen LogP contribution in [0.25, 0.3) is 6.08 Å². The van der Waals surface area contributed by atoms with Crippen LogP contribution in [0.4, 0.5) is 13.2 Å². The van der Waals surface area contributed by atoms with Crippen LogP contribution in [0.2, 0.25) is 0 Å². The molecule has 0 spiro atoms. The van der Waals surface area contributed by atoms with Gasteiger partial charge in [0.1, 0.15) is 13.2 Å². The molecule has 0 unspecified atom stereocenters. The molecule has 4 nitrogen and oxygen atoms in total. The van der Waals surface area contributed by atoms with E-state index in [1.807, 2.05) is 12.2 Å². The third-order valence-electron chi connectivity index (χ3n) is 2.75. The highest BCUT2D eigenvalue weighted by Gasteiger charge is 2.29. The summed E-state index contributed by atoms with van der Waals surface area (Å²) in [4.78, 5) is 11.7. The van der Waals surface area contributed by atoms with Crippen molar-refractivity contribution in [2.45, 2.75) is 13.1 Å². The Morgan fingerprint density at radius 1 is 1.43 bits per heavy atom. The highest BCUT2D eigenvalue weighted by atomic mass is 19.4. The second-order valence-corrected chi connectivity index (χ2v) is 4.36. The van der Waals surface area contributed by atoms with Gasteiger partial charge in [0, 0.05) is 5.56 Å². The van der Waals surface area contributed by atoms with Gasteiger partial charge in [0.25, 0.3) is 5.91 Å². The molecule has 1 amide bonds. The third kappa shape index (κ3) is 3.90. The minimum atomic E-state index is -4.44. The standard InChI is InChI=1S/C14H14F3NO3/c1-2-20-11-5-3-4-9-6-10(7-21-12(9)11)13(19)18-8-14(15,16)17/h3-6H,2,7-8H2,1H3,(H,18,19). The van der Waals surface area contributed by atoms with Crippen molar-refractivity contribution >= 4 is 12.0 Å². The van der Waals surface area contributed by atoms with E-state index in [9.17, 15) is 18.0 Å². The molecule has 0 bridgehead atoms. The van der Waals surface area contributed by atoms with Gasteiger partial charge in [-0.05, 0) is 19.1 Å². The normalized spacial score (nSPS) is 13.8. The Balaban J connectivity index is 2.15. The lowest BCUT2D eigenvalue weighted by Gasteiger charge is -2.20. The van der Waals surface area contributed by atoms with E-state index in [0.29, 0.717) is 23.7 Å². The number of halogens is 3. The average Bonchev–Trinajstić information content (AvgIpc) is 2.44. The molecule has 1 aliphatic heterocycles. The summed E-state index contributed by atoms with van der Waals surface area (Å²) >= 11 is 0. The molecule has 0 saturated carbocycles. The number of para-hydroxylation sites is 1. The molecule has 0 saturated heterocycles. The number of fused-ring (bicyclic) bond motifs is 1. The highest BCUT2D eigenvalue weighted by Crippen LogP contribution is 2.35. The summed E-state index contributed by atoms with van der Waals surface area (Å²) < 4.78 is 47.1. The van der Waals surface area contributed by atoms with Crippen LogP contribution in [-0.2, 0) is 4.79 Å². The molecule has 0 aliphatic carbocycles. The van der Waals surface area contributed by atoms with Gasteiger partial charge in [0.05, 0.1) is 12.2 Å². The number of hydrogen-bond donors (Lipinski definition) is 1. The van der Waals surface area contributed by atoms with Crippen LogP contribution in [0.1, 0.15) is 12.5 Å². The molecule has 1 heterocycles. The number of alkyl halides is 3. The molecule has 1 N–H and O–H groups in total. The summed E-state index contributed by atoms with van der Waals surface area (Å²) in [5.74, 6) is 0.243. The summed E-state index contributed by atoms with van der Waals surface area (Å²) in [5, 5.41) is 1.82. The van der Waals surface area contributed by atoms with E-state index < -0.39 is 18.6 Å². The molecular weight excluding hydrogens is 287 g/mol. The van der Waals surface area contributed by atoms with Crippen molar-refractivity contribution in [1.82, 2.24) is 5.32 Å². The van der Waals surface area contributed by atoms with Crippen molar-refractivity contribution in [3.8, 4) is 11.5 Å². The molecule has 0 atom stereocenters. The van der Waals surface area contributed by atoms with Gasteiger partial charge in [-0.25, -0.2) is 0 Å². The molecule has 0 radical (unpaired) electrons. The SMILES string of the molecule is CCOc1cccc2c1OCC(C(=O)NCC(F)(F)F)=C2. The van der Waals surface area contributed by atoms with Crippen LogP contribution < -0.4 is 14.8 Å². The number of nitrogens with one attached hydrogen (secondary N) is 1. The fraction of sp³-hybridized carbons (Fsp3) is 0.357. The van der Waals surface area contributed by atoms with Gasteiger partial charge in [0.15, 0.2) is 11.5 Å². The van der Waals surface area contributed by atoms with E-state index >= 15 is 0 Å². The lowest BCUT2D eigenvalue weighted by molar-refractivity contribution is -0.136. The first kappa shape index (κ1) is 15.2. The smallest absolute Gasteiger partial charge is 0.405 e. The van der Waals surface area contributed by atoms with E-state index in [0.717, 1.165) is 0 Å². The Morgan fingerprint density at radius 2 is 2.19 bits per heavy atom. The Hall–Kier alpha value is -2.18. The molecule has 114 valence electrons. The maximum Gasteiger partial charge on any atom is 0.405 e. The van der Waals surface area contributed by atoms with Crippen molar-refractivity contribution in [2.24, 2.45) is 0 Å². The lowest BCUT2D eigenvalue weighted by atomic mass is 10.1. The van der Waals surface area contributed by atoms with Crippen molar-refractivity contribution in [3.05, 3.63) is 29.3 Å². The first-order chi connectivity index (χ1) is 9.90. The summed E-state index contributed by atoms with van der Waals surface area (Å²) in [7, 11) is 0. The average molecular weight is 301 g/mol. The number of hydrogen-bond acceptors (Lipinski definition) is 3. The first-order valence-corrected chi connectivity index (χ1v) is 6.35. The number of benzene rings is 1. The number of amides is 1. The lowest BCUT2D eigenvalue weighted by Crippen LogP contribution is -2.36. The second-order valence-electron chi connectivity index (χ2n) is 4.36. The zero-order chi connectivity index (χ0) is 15.5. The van der Waals surface area contributed by atoms with Crippen molar-refractivity contribution < 1.29 is 27.4 Å². The second kappa shape index (κ2) is 6.07. The fourth-order valence-corrected chi connectivity index (χ4v) is 1.87. The summed E-state index contributed by atoms with van der Waals surface area (Å²) in [6, 6.07) is 5.15. The van der Waals surface area contributed by atoms with E-state index in [2.05, 4.69) is 0 Å². The molecule has 1 aromatic rings. The quantitative estimate of drug-likeness (QED) is 0.929. The van der Waals surface area contributed by atoms with Crippen LogP contribution in [-0.4, -0.2) is 31.8 Å². The fourth-order valence-electron chi connectivity index (χ4n) is 1.87. The maximum atomic E-state index is 12.1. The van der Waals surface area contributed by atoms with Gasteiger partial charge in [0.2, 0.25) is 0 Å². The number of rotatable bonds is 4. The topological polar surface area (TPSA) is 47.6 Å².